The highest BCUT2D eigenvalue weighted by Crippen LogP contribution is 2.12. The van der Waals surface area contributed by atoms with E-state index in [1.807, 2.05) is 13.0 Å². The molecule has 1 atom stereocenters. The van der Waals surface area contributed by atoms with Crippen LogP contribution < -0.4 is 11.1 Å². The molecule has 0 amide bonds. The molecule has 0 spiro atoms. The Morgan fingerprint density at radius 2 is 2.38 bits per heavy atom. The van der Waals surface area contributed by atoms with Crippen LogP contribution in [0.4, 0.5) is 11.5 Å². The molecule has 0 radical (unpaired) electrons. The lowest BCUT2D eigenvalue weighted by Crippen LogP contribution is -2.19. The minimum Gasteiger partial charge on any atom is -0.396 e. The molecule has 0 bridgehead atoms. The van der Waals surface area contributed by atoms with E-state index in [1.54, 1.807) is 12.1 Å². The van der Waals surface area contributed by atoms with Crippen molar-refractivity contribution in [2.24, 2.45) is 0 Å². The van der Waals surface area contributed by atoms with E-state index < -0.39 is 6.10 Å². The normalized spacial score (nSPS) is 11.8. The Morgan fingerprint density at radius 1 is 1.62 bits per heavy atom. The van der Waals surface area contributed by atoms with Crippen molar-refractivity contribution in [1.82, 2.24) is 4.98 Å². The second-order valence-electron chi connectivity index (χ2n) is 3.57. The van der Waals surface area contributed by atoms with Gasteiger partial charge in [0.25, 0.3) is 0 Å². The number of nitriles is 1. The number of aliphatic hydroxyl groups is 1. The quantitative estimate of drug-likeness (QED) is 0.690. The van der Waals surface area contributed by atoms with Gasteiger partial charge < -0.3 is 16.2 Å². The van der Waals surface area contributed by atoms with Gasteiger partial charge in [0.2, 0.25) is 0 Å². The maximum absolute atomic E-state index is 9.51. The molecule has 0 fully saturated rings. The number of aromatic nitrogens is 1. The molecule has 0 aliphatic heterocycles. The van der Waals surface area contributed by atoms with Crippen molar-refractivity contribution in [1.29, 1.82) is 5.26 Å². The molecule has 0 saturated heterocycles. The molecule has 1 aromatic heterocycles. The zero-order valence-electron chi connectivity index (χ0n) is 9.27. The van der Waals surface area contributed by atoms with E-state index in [1.165, 1.54) is 0 Å². The van der Waals surface area contributed by atoms with Crippen LogP contribution in [-0.2, 0) is 0 Å². The Hall–Kier alpha value is -1.80. The number of nitrogen functional groups attached to an aromatic ring is 1. The van der Waals surface area contributed by atoms with Crippen molar-refractivity contribution >= 4 is 11.5 Å². The third-order valence-electron chi connectivity index (χ3n) is 2.17. The van der Waals surface area contributed by atoms with Crippen LogP contribution in [0.2, 0.25) is 0 Å². The summed E-state index contributed by atoms with van der Waals surface area (Å²) in [6, 6.07) is 5.22. The molecule has 86 valence electrons. The minimum absolute atomic E-state index is 0.204. The summed E-state index contributed by atoms with van der Waals surface area (Å²) in [5.41, 5.74) is 6.11. The van der Waals surface area contributed by atoms with Crippen LogP contribution in [0.15, 0.2) is 12.1 Å². The molecular formula is C11H16N4O. The van der Waals surface area contributed by atoms with Crippen LogP contribution >= 0.6 is 0 Å². The van der Waals surface area contributed by atoms with E-state index in [9.17, 15) is 5.11 Å². The van der Waals surface area contributed by atoms with Crippen LogP contribution in [0.25, 0.3) is 0 Å². The minimum atomic E-state index is -0.394. The van der Waals surface area contributed by atoms with Crippen LogP contribution in [0.1, 0.15) is 25.5 Å². The molecule has 1 unspecified atom stereocenters. The lowest BCUT2D eigenvalue weighted by molar-refractivity contribution is 0.176. The molecule has 1 rings (SSSR count). The van der Waals surface area contributed by atoms with Gasteiger partial charge in [0.15, 0.2) is 5.69 Å². The predicted octanol–water partition coefficient (Wildman–Crippen LogP) is 1.11. The molecule has 0 saturated carbocycles. The van der Waals surface area contributed by atoms with E-state index in [-0.39, 0.29) is 5.69 Å². The SMILES string of the molecule is CCCC(O)CNc1ccc(N)c(C#N)n1. The summed E-state index contributed by atoms with van der Waals surface area (Å²) in [5.74, 6) is 0.556. The molecule has 1 aromatic rings. The Morgan fingerprint density at radius 3 is 3.00 bits per heavy atom. The molecule has 16 heavy (non-hydrogen) atoms. The lowest BCUT2D eigenvalue weighted by Gasteiger charge is -2.11. The highest BCUT2D eigenvalue weighted by Gasteiger charge is 2.05. The molecule has 0 aliphatic rings. The maximum atomic E-state index is 9.51. The first kappa shape index (κ1) is 12.3. The van der Waals surface area contributed by atoms with Crippen LogP contribution in [0.5, 0.6) is 0 Å². The third-order valence-corrected chi connectivity index (χ3v) is 2.17. The second-order valence-corrected chi connectivity index (χ2v) is 3.57. The molecule has 4 N–H and O–H groups in total. The number of rotatable bonds is 5. The fraction of sp³-hybridized carbons (Fsp3) is 0.455. The molecule has 0 aliphatic carbocycles. The number of nitrogens with two attached hydrogens (primary N) is 1. The number of nitrogens with one attached hydrogen (secondary N) is 1. The van der Waals surface area contributed by atoms with Gasteiger partial charge in [-0.2, -0.15) is 5.26 Å². The Bertz CT molecular complexity index is 386. The topological polar surface area (TPSA) is 95.0 Å². The number of anilines is 2. The molecule has 5 heteroatoms. The fourth-order valence-electron chi connectivity index (χ4n) is 1.32. The Balaban J connectivity index is 2.58. The van der Waals surface area contributed by atoms with E-state index in [0.29, 0.717) is 18.1 Å². The van der Waals surface area contributed by atoms with Crippen molar-refractivity contribution in [3.05, 3.63) is 17.8 Å². The summed E-state index contributed by atoms with van der Waals surface area (Å²) >= 11 is 0. The number of nitrogens with zero attached hydrogens (tertiary/aromatic N) is 2. The second kappa shape index (κ2) is 5.93. The first-order valence-electron chi connectivity index (χ1n) is 5.26. The van der Waals surface area contributed by atoms with Crippen molar-refractivity contribution in [3.8, 4) is 6.07 Å². The summed E-state index contributed by atoms with van der Waals surface area (Å²) < 4.78 is 0. The number of hydrogen-bond acceptors (Lipinski definition) is 5. The van der Waals surface area contributed by atoms with Gasteiger partial charge in [0, 0.05) is 6.54 Å². The van der Waals surface area contributed by atoms with Crippen LogP contribution in [-0.4, -0.2) is 22.7 Å². The van der Waals surface area contributed by atoms with Gasteiger partial charge in [-0.1, -0.05) is 13.3 Å². The molecular weight excluding hydrogens is 204 g/mol. The highest BCUT2D eigenvalue weighted by molar-refractivity contribution is 5.54. The summed E-state index contributed by atoms with van der Waals surface area (Å²) in [5, 5.41) is 21.2. The third kappa shape index (κ3) is 3.41. The first-order chi connectivity index (χ1) is 7.67. The maximum Gasteiger partial charge on any atom is 0.165 e. The van der Waals surface area contributed by atoms with Gasteiger partial charge in [0.1, 0.15) is 11.9 Å². The number of pyridine rings is 1. The zero-order valence-corrected chi connectivity index (χ0v) is 9.27. The Labute approximate surface area is 94.9 Å². The van der Waals surface area contributed by atoms with Gasteiger partial charge in [-0.3, -0.25) is 0 Å². The fourth-order valence-corrected chi connectivity index (χ4v) is 1.32. The van der Waals surface area contributed by atoms with Gasteiger partial charge >= 0.3 is 0 Å². The standard InChI is InChI=1S/C11H16N4O/c1-2-3-8(16)7-14-11-5-4-9(13)10(6-12)15-11/h4-5,8,16H,2-3,7,13H2,1H3,(H,14,15). The van der Waals surface area contributed by atoms with Crippen molar-refractivity contribution in [3.63, 3.8) is 0 Å². The van der Waals surface area contributed by atoms with Crippen molar-refractivity contribution in [2.45, 2.75) is 25.9 Å². The predicted molar refractivity (Wildman–Crippen MR) is 62.8 cm³/mol. The number of aliphatic hydroxyl groups excluding tert-OH is 1. The van der Waals surface area contributed by atoms with Gasteiger partial charge in [0.05, 0.1) is 11.8 Å². The van der Waals surface area contributed by atoms with Crippen LogP contribution in [0, 0.1) is 11.3 Å². The summed E-state index contributed by atoms with van der Waals surface area (Å²) in [6.45, 7) is 2.44. The first-order valence-corrected chi connectivity index (χ1v) is 5.26. The van der Waals surface area contributed by atoms with Gasteiger partial charge in [-0.05, 0) is 18.6 Å². The summed E-state index contributed by atoms with van der Waals surface area (Å²) in [7, 11) is 0. The van der Waals surface area contributed by atoms with Crippen molar-refractivity contribution in [2.75, 3.05) is 17.6 Å². The van der Waals surface area contributed by atoms with E-state index >= 15 is 0 Å². The summed E-state index contributed by atoms with van der Waals surface area (Å²) in [4.78, 5) is 4.01. The van der Waals surface area contributed by atoms with E-state index in [0.717, 1.165) is 12.8 Å². The van der Waals surface area contributed by atoms with Crippen LogP contribution in [0.3, 0.4) is 0 Å². The number of hydrogen-bond donors (Lipinski definition) is 3. The summed E-state index contributed by atoms with van der Waals surface area (Å²) in [6.07, 6.45) is 1.28. The van der Waals surface area contributed by atoms with Gasteiger partial charge in [-0.25, -0.2) is 4.98 Å². The van der Waals surface area contributed by atoms with E-state index in [4.69, 9.17) is 11.0 Å². The Kier molecular flexibility index (Phi) is 4.55. The van der Waals surface area contributed by atoms with Crippen molar-refractivity contribution < 1.29 is 5.11 Å². The monoisotopic (exact) mass is 220 g/mol. The smallest absolute Gasteiger partial charge is 0.165 e. The largest absolute Gasteiger partial charge is 0.396 e. The highest BCUT2D eigenvalue weighted by atomic mass is 16.3. The average Bonchev–Trinajstić information content (AvgIpc) is 2.28. The van der Waals surface area contributed by atoms with Gasteiger partial charge in [-0.15, -0.1) is 0 Å². The lowest BCUT2D eigenvalue weighted by atomic mass is 10.2. The zero-order chi connectivity index (χ0) is 12.0. The molecule has 1 heterocycles. The molecule has 0 aromatic carbocycles. The van der Waals surface area contributed by atoms with E-state index in [2.05, 4.69) is 10.3 Å². The average molecular weight is 220 g/mol. The molecule has 5 nitrogen and oxygen atoms in total.